The van der Waals surface area contributed by atoms with Gasteiger partial charge in [-0.25, -0.2) is 4.79 Å². The van der Waals surface area contributed by atoms with Crippen molar-refractivity contribution in [1.82, 2.24) is 0 Å². The molecule has 134 valence electrons. The van der Waals surface area contributed by atoms with Crippen LogP contribution in [0.5, 0.6) is 23.0 Å². The summed E-state index contributed by atoms with van der Waals surface area (Å²) in [5, 5.41) is 19.5. The van der Waals surface area contributed by atoms with Crippen LogP contribution in [0.4, 0.5) is 0 Å². The molecule has 7 nitrogen and oxygen atoms in total. The third kappa shape index (κ3) is 2.44. The van der Waals surface area contributed by atoms with Crippen molar-refractivity contribution in [2.24, 2.45) is 0 Å². The van der Waals surface area contributed by atoms with E-state index in [4.69, 9.17) is 18.9 Å². The summed E-state index contributed by atoms with van der Waals surface area (Å²) in [5.74, 6) is 0.110. The minimum absolute atomic E-state index is 0.0141. The lowest BCUT2D eigenvalue weighted by Crippen LogP contribution is -2.24. The number of ether oxygens (including phenoxy) is 4. The van der Waals surface area contributed by atoms with E-state index in [1.165, 1.54) is 7.11 Å². The lowest BCUT2D eigenvalue weighted by Gasteiger charge is -2.29. The number of para-hydroxylation sites is 1. The highest BCUT2D eigenvalue weighted by Crippen LogP contribution is 2.50. The summed E-state index contributed by atoms with van der Waals surface area (Å²) < 4.78 is 21.9. The molecule has 26 heavy (non-hydrogen) atoms. The molecule has 0 aliphatic carbocycles. The highest BCUT2D eigenvalue weighted by Gasteiger charge is 2.38. The smallest absolute Gasteiger partial charge is 0.336 e. The molecule has 2 heterocycles. The van der Waals surface area contributed by atoms with Crippen molar-refractivity contribution in [2.75, 3.05) is 20.5 Å². The van der Waals surface area contributed by atoms with E-state index in [-0.39, 0.29) is 18.1 Å². The van der Waals surface area contributed by atoms with Gasteiger partial charge in [0, 0.05) is 17.2 Å². The van der Waals surface area contributed by atoms with Gasteiger partial charge >= 0.3 is 5.97 Å². The van der Waals surface area contributed by atoms with Gasteiger partial charge in [0.1, 0.15) is 23.9 Å². The van der Waals surface area contributed by atoms with Crippen LogP contribution in [-0.2, 0) is 4.79 Å². The van der Waals surface area contributed by atoms with Gasteiger partial charge in [-0.2, -0.15) is 0 Å². The van der Waals surface area contributed by atoms with E-state index >= 15 is 0 Å². The first-order valence-electron chi connectivity index (χ1n) is 7.95. The van der Waals surface area contributed by atoms with Crippen LogP contribution in [0.25, 0.3) is 0 Å². The summed E-state index contributed by atoms with van der Waals surface area (Å²) in [4.78, 5) is 12.0. The number of aliphatic carboxylic acids is 1. The first kappa shape index (κ1) is 16.3. The van der Waals surface area contributed by atoms with E-state index < -0.39 is 18.5 Å². The van der Waals surface area contributed by atoms with Gasteiger partial charge in [-0.05, 0) is 12.1 Å². The second kappa shape index (κ2) is 6.27. The molecule has 1 atom stereocenters. The van der Waals surface area contributed by atoms with Gasteiger partial charge in [-0.3, -0.25) is 0 Å². The molecule has 0 aromatic heterocycles. The summed E-state index contributed by atoms with van der Waals surface area (Å²) in [7, 11) is 1.52. The van der Waals surface area contributed by atoms with Crippen LogP contribution >= 0.6 is 0 Å². The SMILES string of the molecule is COc1ccccc1[C@@H]1C(C(=O)O)=C(CO)Oc2cc3c(cc21)OCO3. The second-order valence-corrected chi connectivity index (χ2v) is 5.82. The summed E-state index contributed by atoms with van der Waals surface area (Å²) in [6.07, 6.45) is 0. The standard InChI is InChI=1S/C19H16O7/c1-23-12-5-3-2-4-10(12)17-11-6-14-15(25-9-24-14)7-13(11)26-16(8-20)18(17)19(21)22/h2-7,17,20H,8-9H2,1H3,(H,21,22)/t17-/m0/s1. The second-order valence-electron chi connectivity index (χ2n) is 5.82. The molecule has 2 aliphatic rings. The van der Waals surface area contributed by atoms with Crippen LogP contribution < -0.4 is 18.9 Å². The molecular formula is C19H16O7. The zero-order valence-corrected chi connectivity index (χ0v) is 13.9. The normalized spacial score (nSPS) is 17.5. The Bertz CT molecular complexity index is 916. The van der Waals surface area contributed by atoms with Gasteiger partial charge in [0.05, 0.1) is 18.6 Å². The Kier molecular flexibility index (Phi) is 3.93. The van der Waals surface area contributed by atoms with Crippen molar-refractivity contribution in [3.05, 3.63) is 58.9 Å². The first-order chi connectivity index (χ1) is 12.6. The highest BCUT2D eigenvalue weighted by atomic mass is 16.7. The third-order valence-corrected chi connectivity index (χ3v) is 4.46. The number of carboxylic acids is 1. The van der Waals surface area contributed by atoms with Crippen molar-refractivity contribution in [2.45, 2.75) is 5.92 Å². The van der Waals surface area contributed by atoms with Crippen LogP contribution in [0.3, 0.4) is 0 Å². The Hall–Kier alpha value is -3.19. The Morgan fingerprint density at radius 1 is 1.15 bits per heavy atom. The van der Waals surface area contributed by atoms with Crippen LogP contribution in [0.1, 0.15) is 17.0 Å². The zero-order valence-electron chi connectivity index (χ0n) is 13.9. The zero-order chi connectivity index (χ0) is 18.3. The lowest BCUT2D eigenvalue weighted by molar-refractivity contribution is -0.133. The van der Waals surface area contributed by atoms with E-state index in [1.54, 1.807) is 36.4 Å². The Morgan fingerprint density at radius 3 is 2.58 bits per heavy atom. The van der Waals surface area contributed by atoms with Crippen LogP contribution in [0, 0.1) is 0 Å². The minimum Gasteiger partial charge on any atom is -0.496 e. The molecule has 2 N–H and O–H groups in total. The summed E-state index contributed by atoms with van der Waals surface area (Å²) in [5.41, 5.74) is 1.22. The fraction of sp³-hybridized carbons (Fsp3) is 0.211. The minimum atomic E-state index is -1.17. The number of methoxy groups -OCH3 is 1. The quantitative estimate of drug-likeness (QED) is 0.868. The summed E-state index contributed by atoms with van der Waals surface area (Å²) in [6.45, 7) is -0.454. The predicted octanol–water partition coefficient (Wildman–Crippen LogP) is 2.28. The molecule has 0 fully saturated rings. The van der Waals surface area contributed by atoms with E-state index in [9.17, 15) is 15.0 Å². The monoisotopic (exact) mass is 356 g/mol. The number of carbonyl (C=O) groups is 1. The Balaban J connectivity index is 1.99. The average Bonchev–Trinajstić information content (AvgIpc) is 3.11. The molecule has 2 aromatic rings. The van der Waals surface area contributed by atoms with E-state index in [2.05, 4.69) is 0 Å². The van der Waals surface area contributed by atoms with Crippen LogP contribution in [0.15, 0.2) is 47.7 Å². The number of rotatable bonds is 4. The topological polar surface area (TPSA) is 94.5 Å². The number of carboxylic acid groups (broad SMARTS) is 1. The average molecular weight is 356 g/mol. The highest BCUT2D eigenvalue weighted by molar-refractivity contribution is 5.91. The fourth-order valence-electron chi connectivity index (χ4n) is 3.35. The van der Waals surface area contributed by atoms with Gasteiger partial charge in [-0.1, -0.05) is 18.2 Å². The van der Waals surface area contributed by atoms with Crippen LogP contribution in [-0.4, -0.2) is 36.7 Å². The number of benzene rings is 2. The molecule has 4 rings (SSSR count). The number of hydrogen-bond donors (Lipinski definition) is 2. The van der Waals surface area contributed by atoms with Crippen molar-refractivity contribution in [3.63, 3.8) is 0 Å². The Labute approximate surface area is 149 Å². The molecular weight excluding hydrogens is 340 g/mol. The molecule has 0 unspecified atom stereocenters. The molecule has 0 radical (unpaired) electrons. The maximum absolute atomic E-state index is 12.0. The molecule has 7 heteroatoms. The molecule has 2 aliphatic heterocycles. The molecule has 2 aromatic carbocycles. The Morgan fingerprint density at radius 2 is 1.88 bits per heavy atom. The molecule has 0 spiro atoms. The van der Waals surface area contributed by atoms with Gasteiger partial charge < -0.3 is 29.2 Å². The largest absolute Gasteiger partial charge is 0.496 e. The van der Waals surface area contributed by atoms with Crippen molar-refractivity contribution in [1.29, 1.82) is 0 Å². The lowest BCUT2D eigenvalue weighted by atomic mass is 9.81. The van der Waals surface area contributed by atoms with Gasteiger partial charge in [0.2, 0.25) is 6.79 Å². The number of aliphatic hydroxyl groups is 1. The van der Waals surface area contributed by atoms with E-state index in [1.807, 2.05) is 0 Å². The van der Waals surface area contributed by atoms with Crippen LogP contribution in [0.2, 0.25) is 0 Å². The predicted molar refractivity (Wildman–Crippen MR) is 89.8 cm³/mol. The van der Waals surface area contributed by atoms with E-state index in [0.717, 1.165) is 0 Å². The number of fused-ring (bicyclic) bond motifs is 2. The van der Waals surface area contributed by atoms with Gasteiger partial charge in [0.15, 0.2) is 11.5 Å². The van der Waals surface area contributed by atoms with Gasteiger partial charge in [-0.15, -0.1) is 0 Å². The maximum atomic E-state index is 12.0. The molecule has 0 bridgehead atoms. The van der Waals surface area contributed by atoms with Crippen molar-refractivity contribution in [3.8, 4) is 23.0 Å². The molecule has 0 saturated heterocycles. The van der Waals surface area contributed by atoms with E-state index in [0.29, 0.717) is 34.1 Å². The maximum Gasteiger partial charge on any atom is 0.336 e. The summed E-state index contributed by atoms with van der Waals surface area (Å²) >= 11 is 0. The number of aliphatic hydroxyl groups excluding tert-OH is 1. The number of hydrogen-bond acceptors (Lipinski definition) is 6. The third-order valence-electron chi connectivity index (χ3n) is 4.46. The molecule has 0 saturated carbocycles. The summed E-state index contributed by atoms with van der Waals surface area (Å²) in [6, 6.07) is 10.5. The fourth-order valence-corrected chi connectivity index (χ4v) is 3.35. The molecule has 0 amide bonds. The van der Waals surface area contributed by atoms with Crippen molar-refractivity contribution < 1.29 is 34.0 Å². The first-order valence-corrected chi connectivity index (χ1v) is 7.95. The van der Waals surface area contributed by atoms with Gasteiger partial charge in [0.25, 0.3) is 0 Å². The van der Waals surface area contributed by atoms with Crippen molar-refractivity contribution >= 4 is 5.97 Å².